The van der Waals surface area contributed by atoms with Crippen LogP contribution in [0.1, 0.15) is 18.4 Å². The second-order valence-corrected chi connectivity index (χ2v) is 6.98. The van der Waals surface area contributed by atoms with Crippen LogP contribution >= 0.6 is 0 Å². The Labute approximate surface area is 154 Å². The van der Waals surface area contributed by atoms with Gasteiger partial charge in [0.05, 0.1) is 6.54 Å². The van der Waals surface area contributed by atoms with Crippen molar-refractivity contribution < 1.29 is 4.52 Å². The summed E-state index contributed by atoms with van der Waals surface area (Å²) in [6.07, 6.45) is 0. The Morgan fingerprint density at radius 3 is 2.54 bits per heavy atom. The number of hydrogen-bond acceptors (Lipinski definition) is 5. The maximum Gasteiger partial charge on any atom is 0.241 e. The predicted molar refractivity (Wildman–Crippen MR) is 103 cm³/mol. The monoisotopic (exact) mass is 348 g/mol. The van der Waals surface area contributed by atoms with Crippen molar-refractivity contribution in [2.24, 2.45) is 0 Å². The third kappa shape index (κ3) is 3.63. The van der Waals surface area contributed by atoms with E-state index in [0.29, 0.717) is 24.3 Å². The van der Waals surface area contributed by atoms with Crippen molar-refractivity contribution in [3.8, 4) is 11.4 Å². The Bertz CT molecular complexity index is 844. The van der Waals surface area contributed by atoms with Gasteiger partial charge in [0.25, 0.3) is 0 Å². The van der Waals surface area contributed by atoms with E-state index in [1.807, 2.05) is 30.3 Å². The fourth-order valence-corrected chi connectivity index (χ4v) is 3.42. The summed E-state index contributed by atoms with van der Waals surface area (Å²) in [5.74, 6) is 1.34. The molecule has 0 N–H and O–H groups in total. The Morgan fingerprint density at radius 1 is 1.04 bits per heavy atom. The Hall–Kier alpha value is -2.66. The molecule has 0 radical (unpaired) electrons. The SMILES string of the molecule is Cc1ccc(N2CCN(Cc3nc(-c4ccccc4)no3)[C@H](C)C2)cc1. The van der Waals surface area contributed by atoms with Crippen molar-refractivity contribution in [2.45, 2.75) is 26.4 Å². The number of anilines is 1. The average molecular weight is 348 g/mol. The van der Waals surface area contributed by atoms with Gasteiger partial charge in [0, 0.05) is 36.9 Å². The van der Waals surface area contributed by atoms with Crippen LogP contribution in [-0.2, 0) is 6.54 Å². The molecule has 3 aromatic rings. The van der Waals surface area contributed by atoms with E-state index in [2.05, 4.69) is 58.1 Å². The molecule has 0 spiro atoms. The highest BCUT2D eigenvalue weighted by Gasteiger charge is 2.25. The third-order valence-electron chi connectivity index (χ3n) is 5.00. The first-order valence-electron chi connectivity index (χ1n) is 9.13. The zero-order valence-corrected chi connectivity index (χ0v) is 15.3. The molecule has 5 nitrogen and oxygen atoms in total. The van der Waals surface area contributed by atoms with Gasteiger partial charge in [0.2, 0.25) is 11.7 Å². The average Bonchev–Trinajstić information content (AvgIpc) is 3.13. The molecule has 4 rings (SSSR count). The first kappa shape index (κ1) is 16.8. The van der Waals surface area contributed by atoms with E-state index in [0.717, 1.165) is 25.2 Å². The molecule has 26 heavy (non-hydrogen) atoms. The van der Waals surface area contributed by atoms with Gasteiger partial charge in [-0.05, 0) is 26.0 Å². The minimum Gasteiger partial charge on any atom is -0.369 e. The van der Waals surface area contributed by atoms with Gasteiger partial charge in [0.15, 0.2) is 0 Å². The van der Waals surface area contributed by atoms with Crippen molar-refractivity contribution >= 4 is 5.69 Å². The number of benzene rings is 2. The third-order valence-corrected chi connectivity index (χ3v) is 5.00. The summed E-state index contributed by atoms with van der Waals surface area (Å²) in [6.45, 7) is 8.07. The van der Waals surface area contributed by atoms with Crippen LogP contribution in [0.5, 0.6) is 0 Å². The highest BCUT2D eigenvalue weighted by molar-refractivity contribution is 5.53. The fourth-order valence-electron chi connectivity index (χ4n) is 3.42. The quantitative estimate of drug-likeness (QED) is 0.718. The van der Waals surface area contributed by atoms with Gasteiger partial charge < -0.3 is 9.42 Å². The zero-order chi connectivity index (χ0) is 17.9. The van der Waals surface area contributed by atoms with E-state index < -0.39 is 0 Å². The summed E-state index contributed by atoms with van der Waals surface area (Å²) in [7, 11) is 0. The van der Waals surface area contributed by atoms with Gasteiger partial charge in [-0.1, -0.05) is 53.2 Å². The van der Waals surface area contributed by atoms with Crippen LogP contribution in [0, 0.1) is 6.92 Å². The van der Waals surface area contributed by atoms with Crippen molar-refractivity contribution in [2.75, 3.05) is 24.5 Å². The Balaban J connectivity index is 1.39. The van der Waals surface area contributed by atoms with Gasteiger partial charge in [-0.25, -0.2) is 0 Å². The molecule has 1 fully saturated rings. The van der Waals surface area contributed by atoms with Crippen LogP contribution in [-0.4, -0.2) is 40.7 Å². The minimum absolute atomic E-state index is 0.428. The number of piperazine rings is 1. The minimum atomic E-state index is 0.428. The molecule has 134 valence electrons. The number of hydrogen-bond donors (Lipinski definition) is 0. The molecule has 0 unspecified atom stereocenters. The Morgan fingerprint density at radius 2 is 1.81 bits per heavy atom. The summed E-state index contributed by atoms with van der Waals surface area (Å²) in [5.41, 5.74) is 3.58. The lowest BCUT2D eigenvalue weighted by Gasteiger charge is -2.40. The fraction of sp³-hybridized carbons (Fsp3) is 0.333. The predicted octanol–water partition coefficient (Wildman–Crippen LogP) is 3.76. The van der Waals surface area contributed by atoms with Crippen molar-refractivity contribution in [1.82, 2.24) is 15.0 Å². The second kappa shape index (κ2) is 7.30. The molecule has 0 bridgehead atoms. The van der Waals surface area contributed by atoms with Crippen molar-refractivity contribution in [1.29, 1.82) is 0 Å². The van der Waals surface area contributed by atoms with E-state index in [-0.39, 0.29) is 0 Å². The lowest BCUT2D eigenvalue weighted by molar-refractivity contribution is 0.159. The van der Waals surface area contributed by atoms with Crippen LogP contribution in [0.3, 0.4) is 0 Å². The maximum atomic E-state index is 5.48. The first-order chi connectivity index (χ1) is 12.7. The lowest BCUT2D eigenvalue weighted by atomic mass is 10.1. The molecule has 1 atom stereocenters. The van der Waals surface area contributed by atoms with Crippen LogP contribution in [0.25, 0.3) is 11.4 Å². The highest BCUT2D eigenvalue weighted by Crippen LogP contribution is 2.21. The molecule has 0 aliphatic carbocycles. The van der Waals surface area contributed by atoms with Crippen molar-refractivity contribution in [3.05, 3.63) is 66.1 Å². The maximum absolute atomic E-state index is 5.48. The van der Waals surface area contributed by atoms with Crippen molar-refractivity contribution in [3.63, 3.8) is 0 Å². The summed E-state index contributed by atoms with van der Waals surface area (Å²) in [6, 6.07) is 19.2. The standard InChI is InChI=1S/C21H24N4O/c1-16-8-10-19(11-9-16)25-13-12-24(17(2)14-25)15-20-22-21(23-26-20)18-6-4-3-5-7-18/h3-11,17H,12-15H2,1-2H3/t17-/m1/s1. The van der Waals surface area contributed by atoms with Crippen LogP contribution in [0.2, 0.25) is 0 Å². The molecular formula is C21H24N4O. The second-order valence-electron chi connectivity index (χ2n) is 6.98. The van der Waals surface area contributed by atoms with Gasteiger partial charge in [-0.3, -0.25) is 4.90 Å². The molecule has 0 amide bonds. The molecule has 2 aromatic carbocycles. The summed E-state index contributed by atoms with van der Waals surface area (Å²) >= 11 is 0. The normalized spacial score (nSPS) is 18.2. The first-order valence-corrected chi connectivity index (χ1v) is 9.13. The topological polar surface area (TPSA) is 45.4 Å². The van der Waals surface area contributed by atoms with Crippen LogP contribution in [0.15, 0.2) is 59.1 Å². The van der Waals surface area contributed by atoms with Crippen LogP contribution < -0.4 is 4.90 Å². The highest BCUT2D eigenvalue weighted by atomic mass is 16.5. The van der Waals surface area contributed by atoms with Gasteiger partial charge >= 0.3 is 0 Å². The summed E-state index contributed by atoms with van der Waals surface area (Å²) in [4.78, 5) is 9.42. The van der Waals surface area contributed by atoms with E-state index in [1.54, 1.807) is 0 Å². The Kier molecular flexibility index (Phi) is 4.71. The van der Waals surface area contributed by atoms with Gasteiger partial charge in [-0.15, -0.1) is 0 Å². The van der Waals surface area contributed by atoms with E-state index in [1.165, 1.54) is 11.3 Å². The lowest BCUT2D eigenvalue weighted by Crippen LogP contribution is -2.51. The van der Waals surface area contributed by atoms with Gasteiger partial charge in [-0.2, -0.15) is 4.98 Å². The smallest absolute Gasteiger partial charge is 0.241 e. The molecule has 1 aromatic heterocycles. The molecule has 0 saturated carbocycles. The molecule has 1 saturated heterocycles. The van der Waals surface area contributed by atoms with E-state index in [4.69, 9.17) is 4.52 Å². The largest absolute Gasteiger partial charge is 0.369 e. The number of aryl methyl sites for hydroxylation is 1. The molecule has 1 aliphatic heterocycles. The summed E-state index contributed by atoms with van der Waals surface area (Å²) < 4.78 is 5.48. The molecular weight excluding hydrogens is 324 g/mol. The summed E-state index contributed by atoms with van der Waals surface area (Å²) in [5, 5.41) is 4.12. The molecule has 1 aliphatic rings. The van der Waals surface area contributed by atoms with Gasteiger partial charge in [0.1, 0.15) is 0 Å². The van der Waals surface area contributed by atoms with E-state index >= 15 is 0 Å². The number of rotatable bonds is 4. The number of nitrogens with zero attached hydrogens (tertiary/aromatic N) is 4. The van der Waals surface area contributed by atoms with E-state index in [9.17, 15) is 0 Å². The molecule has 2 heterocycles. The number of aromatic nitrogens is 2. The molecule has 5 heteroatoms. The van der Waals surface area contributed by atoms with Crippen LogP contribution in [0.4, 0.5) is 5.69 Å². The zero-order valence-electron chi connectivity index (χ0n) is 15.3.